The van der Waals surface area contributed by atoms with Gasteiger partial charge in [-0.2, -0.15) is 4.79 Å². The summed E-state index contributed by atoms with van der Waals surface area (Å²) in [5.41, 5.74) is 8.62. The van der Waals surface area contributed by atoms with E-state index >= 15 is 0 Å². The van der Waals surface area contributed by atoms with Crippen molar-refractivity contribution in [1.82, 2.24) is 0 Å². The lowest BCUT2D eigenvalue weighted by Crippen LogP contribution is -2.25. The lowest BCUT2D eigenvalue weighted by atomic mass is 10.2. The van der Waals surface area contributed by atoms with E-state index in [9.17, 15) is 9.59 Å². The van der Waals surface area contributed by atoms with Crippen molar-refractivity contribution < 1.29 is 19.1 Å². The molecule has 0 fully saturated rings. The van der Waals surface area contributed by atoms with Crippen molar-refractivity contribution in [3.05, 3.63) is 41.4 Å². The van der Waals surface area contributed by atoms with E-state index in [1.54, 1.807) is 24.3 Å². The van der Waals surface area contributed by atoms with E-state index in [-0.39, 0.29) is 6.61 Å². The molecule has 1 aromatic carbocycles. The zero-order valence-corrected chi connectivity index (χ0v) is 8.71. The molecule has 1 rings (SSSR count). The number of benzene rings is 1. The van der Waals surface area contributed by atoms with Gasteiger partial charge >= 0.3 is 11.7 Å². The Kier molecular flexibility index (Phi) is 4.12. The first-order valence-electron chi connectivity index (χ1n) is 4.59. The molecule has 0 amide bonds. The lowest BCUT2D eigenvalue weighted by Gasteiger charge is -2.00. The third-order valence-corrected chi connectivity index (χ3v) is 1.84. The van der Waals surface area contributed by atoms with Gasteiger partial charge in [0.2, 0.25) is 5.78 Å². The molecule has 0 saturated heterocycles. The summed E-state index contributed by atoms with van der Waals surface area (Å²) >= 11 is 0. The molecule has 0 spiro atoms. The third kappa shape index (κ3) is 3.15. The molecule has 0 atom stereocenters. The van der Waals surface area contributed by atoms with Gasteiger partial charge in [0, 0.05) is 6.92 Å². The summed E-state index contributed by atoms with van der Waals surface area (Å²) < 4.78 is 4.79. The molecule has 0 radical (unpaired) electrons. The van der Waals surface area contributed by atoms with Crippen molar-refractivity contribution >= 4 is 17.5 Å². The highest BCUT2D eigenvalue weighted by Crippen LogP contribution is 2.00. The largest absolute Gasteiger partial charge is 0.452 e. The van der Waals surface area contributed by atoms with Crippen LogP contribution in [0.1, 0.15) is 12.5 Å². The fraction of sp³-hybridized carbons (Fsp3) is 0.182. The monoisotopic (exact) mass is 218 g/mol. The van der Waals surface area contributed by atoms with E-state index < -0.39 is 17.5 Å². The predicted molar refractivity (Wildman–Crippen MR) is 55.5 cm³/mol. The number of esters is 1. The van der Waals surface area contributed by atoms with Gasteiger partial charge < -0.3 is 10.3 Å². The van der Waals surface area contributed by atoms with E-state index in [1.807, 2.05) is 6.07 Å². The maximum atomic E-state index is 11.3. The summed E-state index contributed by atoms with van der Waals surface area (Å²) in [6.07, 6.45) is 0. The summed E-state index contributed by atoms with van der Waals surface area (Å²) in [5.74, 6) is -1.57. The highest BCUT2D eigenvalue weighted by molar-refractivity contribution is 6.61. The molecule has 0 aliphatic carbocycles. The molecular weight excluding hydrogens is 208 g/mol. The van der Waals surface area contributed by atoms with Crippen molar-refractivity contribution in [2.24, 2.45) is 0 Å². The van der Waals surface area contributed by atoms with Crippen molar-refractivity contribution in [3.63, 3.8) is 0 Å². The second-order valence-corrected chi connectivity index (χ2v) is 3.07. The van der Waals surface area contributed by atoms with Gasteiger partial charge in [0.05, 0.1) is 0 Å². The predicted octanol–water partition coefficient (Wildman–Crippen LogP) is 0.990. The number of ketones is 1. The van der Waals surface area contributed by atoms with Crippen LogP contribution in [-0.4, -0.2) is 22.3 Å². The number of hydrogen-bond donors (Lipinski definition) is 0. The number of carbonyl (C=O) groups is 2. The fourth-order valence-corrected chi connectivity index (χ4v) is 1.05. The molecule has 1 aromatic rings. The van der Waals surface area contributed by atoms with E-state index in [4.69, 9.17) is 10.3 Å². The van der Waals surface area contributed by atoms with Crippen LogP contribution in [0.2, 0.25) is 0 Å². The van der Waals surface area contributed by atoms with Gasteiger partial charge in [0.15, 0.2) is 0 Å². The number of Topliss-reactive ketones (excluding diaryl/α,β-unsaturated/α-hetero) is 1. The molecule has 82 valence electrons. The van der Waals surface area contributed by atoms with Gasteiger partial charge in [-0.3, -0.25) is 4.79 Å². The minimum atomic E-state index is -0.932. The molecule has 5 nitrogen and oxygen atoms in total. The van der Waals surface area contributed by atoms with Gasteiger partial charge in [-0.15, -0.1) is 0 Å². The summed E-state index contributed by atoms with van der Waals surface area (Å²) in [6.45, 7) is 1.16. The minimum Gasteiger partial charge on any atom is -0.452 e. The highest BCUT2D eigenvalue weighted by atomic mass is 16.5. The molecule has 0 N–H and O–H groups in total. The van der Waals surface area contributed by atoms with Gasteiger partial charge in [-0.25, -0.2) is 4.79 Å². The van der Waals surface area contributed by atoms with Crippen LogP contribution in [0.4, 0.5) is 0 Å². The van der Waals surface area contributed by atoms with E-state index in [0.717, 1.165) is 12.5 Å². The van der Waals surface area contributed by atoms with Crippen molar-refractivity contribution in [3.8, 4) is 0 Å². The summed E-state index contributed by atoms with van der Waals surface area (Å²) in [7, 11) is 0. The maximum absolute atomic E-state index is 11.3. The Morgan fingerprint density at radius 3 is 2.44 bits per heavy atom. The summed E-state index contributed by atoms with van der Waals surface area (Å²) in [5, 5.41) is 0. The third-order valence-electron chi connectivity index (χ3n) is 1.84. The second kappa shape index (κ2) is 5.58. The number of nitrogens with zero attached hydrogens (tertiary/aromatic N) is 2. The Labute approximate surface area is 92.3 Å². The second-order valence-electron chi connectivity index (χ2n) is 3.07. The number of carbonyl (C=O) groups excluding carboxylic acids is 2. The molecule has 0 aromatic heterocycles. The van der Waals surface area contributed by atoms with Crippen molar-refractivity contribution in [1.29, 1.82) is 0 Å². The quantitative estimate of drug-likeness (QED) is 0.248. The van der Waals surface area contributed by atoms with Gasteiger partial charge in [-0.05, 0) is 5.56 Å². The Hall–Kier alpha value is -2.26. The molecule has 16 heavy (non-hydrogen) atoms. The van der Waals surface area contributed by atoms with Crippen LogP contribution in [0.5, 0.6) is 0 Å². The zero-order valence-electron chi connectivity index (χ0n) is 8.71. The summed E-state index contributed by atoms with van der Waals surface area (Å²) in [6, 6.07) is 8.99. The fourth-order valence-electron chi connectivity index (χ4n) is 1.05. The van der Waals surface area contributed by atoms with Crippen molar-refractivity contribution in [2.45, 2.75) is 13.5 Å². The Morgan fingerprint density at radius 1 is 1.31 bits per heavy atom. The molecule has 0 heterocycles. The van der Waals surface area contributed by atoms with Crippen LogP contribution in [0, 0.1) is 0 Å². The van der Waals surface area contributed by atoms with E-state index in [0.29, 0.717) is 0 Å². The van der Waals surface area contributed by atoms with Gasteiger partial charge in [0.1, 0.15) is 6.61 Å². The minimum absolute atomic E-state index is 0.0337. The molecular formula is C11H10N2O3. The first kappa shape index (κ1) is 11.8. The van der Waals surface area contributed by atoms with E-state index in [2.05, 4.69) is 4.79 Å². The van der Waals surface area contributed by atoms with Crippen molar-refractivity contribution in [2.75, 3.05) is 0 Å². The smallest absolute Gasteiger partial charge is 0.441 e. The van der Waals surface area contributed by atoms with Crippen LogP contribution in [0.25, 0.3) is 5.53 Å². The Balaban J connectivity index is 2.60. The van der Waals surface area contributed by atoms with Crippen LogP contribution in [-0.2, 0) is 20.9 Å². The topological polar surface area (TPSA) is 79.8 Å². The van der Waals surface area contributed by atoms with Gasteiger partial charge in [-0.1, -0.05) is 30.3 Å². The zero-order chi connectivity index (χ0) is 12.0. The SMILES string of the molecule is CC(=O)C(=[N+]=[N-])C(=O)OCc1ccccc1. The molecule has 5 heteroatoms. The molecule has 0 aliphatic heterocycles. The number of ether oxygens (including phenoxy) is 1. The van der Waals surface area contributed by atoms with Crippen LogP contribution in [0.3, 0.4) is 0 Å². The van der Waals surface area contributed by atoms with E-state index in [1.165, 1.54) is 0 Å². The Morgan fingerprint density at radius 2 is 1.94 bits per heavy atom. The average Bonchev–Trinajstić information content (AvgIpc) is 2.28. The number of rotatable bonds is 4. The number of hydrogen-bond acceptors (Lipinski definition) is 3. The molecule has 0 aliphatic rings. The molecule has 0 unspecified atom stereocenters. The maximum Gasteiger partial charge on any atom is 0.441 e. The summed E-state index contributed by atoms with van der Waals surface area (Å²) in [4.78, 5) is 24.7. The average molecular weight is 218 g/mol. The van der Waals surface area contributed by atoms with Crippen LogP contribution in [0.15, 0.2) is 30.3 Å². The molecule has 0 saturated carbocycles. The van der Waals surface area contributed by atoms with Crippen LogP contribution < -0.4 is 0 Å². The first-order chi connectivity index (χ1) is 7.65. The normalized spacial score (nSPS) is 9.06. The first-order valence-corrected chi connectivity index (χ1v) is 4.59. The Bertz CT molecular complexity index is 448. The van der Waals surface area contributed by atoms with Gasteiger partial charge in [0.25, 0.3) is 0 Å². The highest BCUT2D eigenvalue weighted by Gasteiger charge is 2.27. The van der Waals surface area contributed by atoms with Crippen LogP contribution >= 0.6 is 0 Å². The molecule has 0 bridgehead atoms. The standard InChI is InChI=1S/C11H10N2O3/c1-8(14)10(13-12)11(15)16-7-9-5-3-2-4-6-9/h2-6H,7H2,1H3. The lowest BCUT2D eigenvalue weighted by molar-refractivity contribution is -0.143.